The molecule has 2 aromatic carbocycles. The number of halogens is 1. The Balaban J connectivity index is 0.00000616. The zero-order valence-corrected chi connectivity index (χ0v) is 28.4. The van der Waals surface area contributed by atoms with E-state index < -0.39 is 65.2 Å². The van der Waals surface area contributed by atoms with Crippen molar-refractivity contribution in [1.82, 2.24) is 15.0 Å². The van der Waals surface area contributed by atoms with Crippen LogP contribution in [0.2, 0.25) is 5.28 Å². The first-order valence-electron chi connectivity index (χ1n) is 10.8. The molecule has 0 radical (unpaired) electrons. The molecule has 0 spiro atoms. The molecule has 3 aromatic rings. The smallest absolute Gasteiger partial charge is 0.324 e. The van der Waals surface area contributed by atoms with Gasteiger partial charge in [0.1, 0.15) is 0 Å². The molecule has 23 heteroatoms. The van der Waals surface area contributed by atoms with Gasteiger partial charge in [-0.1, -0.05) is 0 Å². The van der Waals surface area contributed by atoms with E-state index >= 15 is 0 Å². The molecule has 224 valence electrons. The first kappa shape index (κ1) is 36.8. The van der Waals surface area contributed by atoms with Crippen molar-refractivity contribution in [3.05, 3.63) is 53.8 Å². The molecule has 1 heterocycles. The Hall–Kier alpha value is -1.38. The van der Waals surface area contributed by atoms with Crippen LogP contribution in [0.5, 0.6) is 0 Å². The Kier molecular flexibility index (Phi) is 13.2. The fraction of sp³-hybridized carbons (Fsp3) is 0.211. The summed E-state index contributed by atoms with van der Waals surface area (Å²) < 4.78 is 117. The third-order valence-corrected chi connectivity index (χ3v) is 9.20. The third-order valence-electron chi connectivity index (χ3n) is 4.72. The van der Waals surface area contributed by atoms with Crippen molar-refractivity contribution in [2.45, 2.75) is 9.79 Å². The molecular formula is C19H20ClKN5O12S4+. The summed E-state index contributed by atoms with van der Waals surface area (Å²) in [6, 6.07) is 10.4. The van der Waals surface area contributed by atoms with Gasteiger partial charge in [0.2, 0.25) is 17.2 Å². The van der Waals surface area contributed by atoms with E-state index in [1.807, 2.05) is 0 Å². The molecule has 0 aliphatic carbocycles. The number of anilines is 4. The number of hydrogen-bond donors (Lipinski definition) is 4. The van der Waals surface area contributed by atoms with E-state index in [1.165, 1.54) is 48.5 Å². The molecule has 0 amide bonds. The van der Waals surface area contributed by atoms with Crippen molar-refractivity contribution in [2.24, 2.45) is 0 Å². The molecule has 0 aliphatic rings. The van der Waals surface area contributed by atoms with Gasteiger partial charge < -0.3 is 10.6 Å². The molecule has 0 saturated carbocycles. The molecule has 1 aromatic heterocycles. The summed E-state index contributed by atoms with van der Waals surface area (Å²) in [5.41, 5.74) is 0.692. The number of rotatable bonds is 14. The van der Waals surface area contributed by atoms with Crippen LogP contribution < -0.4 is 62.0 Å². The van der Waals surface area contributed by atoms with Gasteiger partial charge in [0.05, 0.1) is 34.5 Å². The number of nitrogens with one attached hydrogen (secondary N) is 2. The summed E-state index contributed by atoms with van der Waals surface area (Å²) >= 11 is 5.97. The normalized spacial score (nSPS) is 12.4. The minimum Gasteiger partial charge on any atom is -0.324 e. The minimum atomic E-state index is -4.77. The monoisotopic (exact) mass is 712 g/mol. The molecule has 0 aliphatic heterocycles. The number of benzene rings is 2. The quantitative estimate of drug-likeness (QED) is 0.106. The van der Waals surface area contributed by atoms with Crippen molar-refractivity contribution in [3.8, 4) is 0 Å². The minimum absolute atomic E-state index is 0. The molecular weight excluding hydrogens is 693 g/mol. The van der Waals surface area contributed by atoms with Crippen molar-refractivity contribution in [3.63, 3.8) is 0 Å². The topological polar surface area (TPSA) is 258 Å². The average molecular weight is 713 g/mol. The maximum Gasteiger partial charge on any atom is 1.00 e. The Morgan fingerprint density at radius 1 is 0.619 bits per heavy atom. The summed E-state index contributed by atoms with van der Waals surface area (Å²) in [6.07, 6.45) is 0. The summed E-state index contributed by atoms with van der Waals surface area (Å²) in [6.45, 7) is -1.55. The molecule has 0 fully saturated rings. The molecule has 0 saturated heterocycles. The standard InChI is InChI=1S/C19H20ClN5O12S4.K/c20-17-23-18(21-13-1-5-15(6-2-13)38(26,27)11-9-36-40(30,31)32)25-19(24-17)22-14-3-7-16(8-4-14)39(28,29)12-10-37-41(33,34)35;/h1-8H,9-12H2,(H,30,31,32)(H,33,34,35)(H2,21,22,23,24,25);/q;+1. The zero-order chi connectivity index (χ0) is 30.5. The summed E-state index contributed by atoms with van der Waals surface area (Å²) in [7, 11) is -17.4. The second-order valence-corrected chi connectivity index (χ2v) is 14.4. The maximum atomic E-state index is 12.3. The fourth-order valence-corrected chi connectivity index (χ4v) is 6.08. The van der Waals surface area contributed by atoms with Gasteiger partial charge in [-0.3, -0.25) is 9.11 Å². The number of aromatic nitrogens is 3. The van der Waals surface area contributed by atoms with E-state index in [0.717, 1.165) is 0 Å². The van der Waals surface area contributed by atoms with Crippen LogP contribution in [-0.2, 0) is 48.8 Å². The van der Waals surface area contributed by atoms with Gasteiger partial charge >= 0.3 is 72.2 Å². The first-order chi connectivity index (χ1) is 18.9. The van der Waals surface area contributed by atoms with Crippen LogP contribution in [0.15, 0.2) is 58.3 Å². The first-order valence-corrected chi connectivity index (χ1v) is 17.2. The maximum absolute atomic E-state index is 12.3. The molecule has 0 atom stereocenters. The SMILES string of the molecule is O=S(=O)(O)OCCS(=O)(=O)c1ccc(Nc2nc(Cl)nc(Nc3ccc(S(=O)(=O)CCOS(=O)(=O)O)cc3)n2)cc1.[K+]. The van der Waals surface area contributed by atoms with Crippen LogP contribution in [0.4, 0.5) is 23.3 Å². The van der Waals surface area contributed by atoms with Gasteiger partial charge in [-0.2, -0.15) is 31.8 Å². The average Bonchev–Trinajstić information content (AvgIpc) is 2.82. The summed E-state index contributed by atoms with van der Waals surface area (Å²) in [5, 5.41) is 5.38. The van der Waals surface area contributed by atoms with Crippen molar-refractivity contribution in [2.75, 3.05) is 35.4 Å². The summed E-state index contributed by atoms with van der Waals surface area (Å²) in [5.74, 6) is -1.48. The number of hydrogen-bond acceptors (Lipinski definition) is 15. The molecule has 0 bridgehead atoms. The van der Waals surface area contributed by atoms with E-state index in [1.54, 1.807) is 0 Å². The van der Waals surface area contributed by atoms with Crippen molar-refractivity contribution in [1.29, 1.82) is 0 Å². The van der Waals surface area contributed by atoms with Crippen LogP contribution in [0.1, 0.15) is 0 Å². The van der Waals surface area contributed by atoms with Crippen LogP contribution in [-0.4, -0.2) is 82.4 Å². The van der Waals surface area contributed by atoms with E-state index in [0.29, 0.717) is 11.4 Å². The number of sulfone groups is 2. The molecule has 0 unspecified atom stereocenters. The van der Waals surface area contributed by atoms with Gasteiger partial charge in [0.25, 0.3) is 0 Å². The van der Waals surface area contributed by atoms with Gasteiger partial charge in [0, 0.05) is 11.4 Å². The Labute approximate surface area is 288 Å². The predicted octanol–water partition coefficient (Wildman–Crippen LogP) is -1.80. The zero-order valence-electron chi connectivity index (χ0n) is 21.3. The van der Waals surface area contributed by atoms with Gasteiger partial charge in [-0.25, -0.2) is 25.2 Å². The van der Waals surface area contributed by atoms with Gasteiger partial charge in [0.15, 0.2) is 19.7 Å². The third kappa shape index (κ3) is 12.3. The molecule has 42 heavy (non-hydrogen) atoms. The van der Waals surface area contributed by atoms with E-state index in [-0.39, 0.29) is 78.4 Å². The van der Waals surface area contributed by atoms with Crippen LogP contribution >= 0.6 is 11.6 Å². The number of nitrogens with zero attached hydrogens (tertiary/aromatic N) is 3. The van der Waals surface area contributed by atoms with E-state index in [4.69, 9.17) is 20.7 Å². The second-order valence-electron chi connectivity index (χ2n) is 7.69. The van der Waals surface area contributed by atoms with Crippen molar-refractivity contribution >= 4 is 75.3 Å². The van der Waals surface area contributed by atoms with Crippen LogP contribution in [0.25, 0.3) is 0 Å². The van der Waals surface area contributed by atoms with E-state index in [2.05, 4.69) is 34.0 Å². The van der Waals surface area contributed by atoms with Crippen LogP contribution in [0.3, 0.4) is 0 Å². The Morgan fingerprint density at radius 2 is 0.952 bits per heavy atom. The Bertz CT molecular complexity index is 1690. The van der Waals surface area contributed by atoms with Gasteiger partial charge in [-0.05, 0) is 60.1 Å². The van der Waals surface area contributed by atoms with E-state index in [9.17, 15) is 33.7 Å². The van der Waals surface area contributed by atoms with Crippen LogP contribution in [0, 0.1) is 0 Å². The second kappa shape index (κ2) is 15.1. The largest absolute Gasteiger partial charge is 1.00 e. The fourth-order valence-electron chi connectivity index (χ4n) is 2.95. The molecule has 3 rings (SSSR count). The molecule has 17 nitrogen and oxygen atoms in total. The predicted molar refractivity (Wildman–Crippen MR) is 143 cm³/mol. The molecule has 4 N–H and O–H groups in total. The Morgan fingerprint density at radius 3 is 1.26 bits per heavy atom. The summed E-state index contributed by atoms with van der Waals surface area (Å²) in [4.78, 5) is 11.7. The van der Waals surface area contributed by atoms with Gasteiger partial charge in [-0.15, -0.1) is 0 Å². The van der Waals surface area contributed by atoms with Crippen molar-refractivity contribution < 1.29 is 103 Å².